The molecule has 2 aromatic carbocycles. The molecule has 8 heteroatoms. The molecule has 1 aromatic heterocycles. The molecule has 3 aromatic rings. The largest absolute Gasteiger partial charge is 0.478 e. The zero-order chi connectivity index (χ0) is 23.0. The topological polar surface area (TPSA) is 91.6 Å². The Kier molecular flexibility index (Phi) is 5.46. The van der Waals surface area contributed by atoms with Crippen molar-refractivity contribution in [1.82, 2.24) is 9.88 Å². The lowest BCUT2D eigenvalue weighted by molar-refractivity contribution is -0.122. The van der Waals surface area contributed by atoms with E-state index in [9.17, 15) is 14.4 Å². The maximum absolute atomic E-state index is 13.3. The average molecular weight is 446 g/mol. The number of amides is 2. The highest BCUT2D eigenvalue weighted by Crippen LogP contribution is 2.25. The quantitative estimate of drug-likeness (QED) is 0.364. The van der Waals surface area contributed by atoms with Crippen LogP contribution in [0.5, 0.6) is 0 Å². The third-order valence-corrected chi connectivity index (χ3v) is 5.60. The van der Waals surface area contributed by atoms with E-state index in [1.54, 1.807) is 41.1 Å². The summed E-state index contributed by atoms with van der Waals surface area (Å²) in [5.41, 5.74) is 4.04. The summed E-state index contributed by atoms with van der Waals surface area (Å²) in [6, 6.07) is 15.4. The molecule has 0 atom stereocenters. The molecule has 1 aliphatic rings. The Balaban J connectivity index is 1.72. The fourth-order valence-corrected chi connectivity index (χ4v) is 3.70. The highest BCUT2D eigenvalue weighted by atomic mass is 32.1. The number of thiocarbonyl (C=S) groups is 1. The van der Waals surface area contributed by atoms with Gasteiger partial charge in [-0.15, -0.1) is 0 Å². The molecule has 7 nitrogen and oxygen atoms in total. The van der Waals surface area contributed by atoms with Crippen LogP contribution in [-0.2, 0) is 9.59 Å². The Labute approximate surface area is 189 Å². The third-order valence-electron chi connectivity index (χ3n) is 5.32. The number of anilines is 1. The number of nitrogens with zero attached hydrogens (tertiary/aromatic N) is 2. The lowest BCUT2D eigenvalue weighted by atomic mass is 10.1. The summed E-state index contributed by atoms with van der Waals surface area (Å²) in [4.78, 5) is 38.3. The number of rotatable bonds is 4. The van der Waals surface area contributed by atoms with Crippen molar-refractivity contribution in [3.8, 4) is 5.69 Å². The van der Waals surface area contributed by atoms with Crippen molar-refractivity contribution in [2.75, 3.05) is 4.90 Å². The molecule has 0 unspecified atom stereocenters. The van der Waals surface area contributed by atoms with Crippen molar-refractivity contribution < 1.29 is 19.5 Å². The molecule has 4 rings (SSSR count). The first-order valence-electron chi connectivity index (χ1n) is 9.76. The van der Waals surface area contributed by atoms with Gasteiger partial charge in [-0.2, -0.15) is 0 Å². The normalized spacial score (nSPS) is 15.2. The van der Waals surface area contributed by atoms with Gasteiger partial charge < -0.3 is 9.67 Å². The van der Waals surface area contributed by atoms with Crippen molar-refractivity contribution in [2.24, 2.45) is 0 Å². The minimum absolute atomic E-state index is 0.0278. The molecule has 0 radical (unpaired) electrons. The second kappa shape index (κ2) is 8.24. The summed E-state index contributed by atoms with van der Waals surface area (Å²) in [6.45, 7) is 3.91. The highest BCUT2D eigenvalue weighted by molar-refractivity contribution is 7.80. The van der Waals surface area contributed by atoms with E-state index in [4.69, 9.17) is 17.3 Å². The molecule has 1 fully saturated rings. The molecule has 1 saturated heterocycles. The van der Waals surface area contributed by atoms with Gasteiger partial charge in [-0.1, -0.05) is 6.07 Å². The summed E-state index contributed by atoms with van der Waals surface area (Å²) < 4.78 is 1.76. The summed E-state index contributed by atoms with van der Waals surface area (Å²) in [7, 11) is 0. The Bertz CT molecular complexity index is 1310. The molecule has 0 aliphatic carbocycles. The predicted molar refractivity (Wildman–Crippen MR) is 125 cm³/mol. The van der Waals surface area contributed by atoms with Gasteiger partial charge in [0.25, 0.3) is 11.8 Å². The zero-order valence-corrected chi connectivity index (χ0v) is 18.1. The Hall–Kier alpha value is -4.04. The van der Waals surface area contributed by atoms with E-state index in [2.05, 4.69) is 5.32 Å². The minimum atomic E-state index is -1.02. The lowest BCUT2D eigenvalue weighted by Crippen LogP contribution is -2.54. The first-order chi connectivity index (χ1) is 15.3. The maximum Gasteiger partial charge on any atom is 0.335 e. The minimum Gasteiger partial charge on any atom is -0.478 e. The molecular formula is C24H19N3O4S. The Morgan fingerprint density at radius 2 is 1.69 bits per heavy atom. The van der Waals surface area contributed by atoms with Crippen LogP contribution in [0.1, 0.15) is 27.2 Å². The molecule has 1 aliphatic heterocycles. The molecule has 0 spiro atoms. The fraction of sp³-hybridized carbons (Fsp3) is 0.0833. The second-order valence-electron chi connectivity index (χ2n) is 7.38. The highest BCUT2D eigenvalue weighted by Gasteiger charge is 2.34. The van der Waals surface area contributed by atoms with Gasteiger partial charge in [0.1, 0.15) is 5.57 Å². The number of carboxylic acids is 1. The van der Waals surface area contributed by atoms with E-state index in [1.807, 2.05) is 26.0 Å². The summed E-state index contributed by atoms with van der Waals surface area (Å²) in [5, 5.41) is 11.7. The number of benzene rings is 2. The Morgan fingerprint density at radius 3 is 2.34 bits per heavy atom. The van der Waals surface area contributed by atoms with Gasteiger partial charge in [0.05, 0.1) is 11.3 Å². The van der Waals surface area contributed by atoms with Crippen molar-refractivity contribution in [3.05, 3.63) is 88.8 Å². The van der Waals surface area contributed by atoms with Gasteiger partial charge in [-0.25, -0.2) is 4.79 Å². The van der Waals surface area contributed by atoms with E-state index >= 15 is 0 Å². The molecule has 0 bridgehead atoms. The van der Waals surface area contributed by atoms with E-state index in [0.29, 0.717) is 17.1 Å². The standard InChI is InChI=1S/C24H19N3O4S/c1-14-5-8-19(12-15(14)2)27-22(29)20(21(28)25-24(27)32)13-18-4-3-11-26(18)17-9-6-16(7-10-17)23(30)31/h3-13H,1-2H3,(H,30,31)(H,25,28,32). The van der Waals surface area contributed by atoms with Crippen molar-refractivity contribution in [1.29, 1.82) is 0 Å². The fourth-order valence-electron chi connectivity index (χ4n) is 3.42. The van der Waals surface area contributed by atoms with Crippen LogP contribution in [0.3, 0.4) is 0 Å². The molecule has 0 saturated carbocycles. The van der Waals surface area contributed by atoms with Crippen molar-refractivity contribution in [2.45, 2.75) is 13.8 Å². The van der Waals surface area contributed by atoms with Crippen LogP contribution in [0.4, 0.5) is 5.69 Å². The van der Waals surface area contributed by atoms with Crippen molar-refractivity contribution >= 4 is 46.9 Å². The lowest BCUT2D eigenvalue weighted by Gasteiger charge is -2.29. The first-order valence-corrected chi connectivity index (χ1v) is 10.2. The van der Waals surface area contributed by atoms with E-state index in [1.165, 1.54) is 23.1 Å². The van der Waals surface area contributed by atoms with E-state index in [0.717, 1.165) is 11.1 Å². The number of hydrogen-bond donors (Lipinski definition) is 2. The number of aryl methyl sites for hydroxylation is 2. The number of nitrogens with one attached hydrogen (secondary N) is 1. The number of aromatic carboxylic acids is 1. The van der Waals surface area contributed by atoms with Gasteiger partial charge in [-0.05, 0) is 91.8 Å². The molecule has 160 valence electrons. The van der Waals surface area contributed by atoms with Crippen LogP contribution in [0.25, 0.3) is 11.8 Å². The van der Waals surface area contributed by atoms with Gasteiger partial charge in [-0.3, -0.25) is 19.8 Å². The molecule has 2 amide bonds. The molecular weight excluding hydrogens is 426 g/mol. The number of carbonyl (C=O) groups excluding carboxylic acids is 2. The maximum atomic E-state index is 13.3. The van der Waals surface area contributed by atoms with Gasteiger partial charge >= 0.3 is 5.97 Å². The average Bonchev–Trinajstić information content (AvgIpc) is 3.22. The van der Waals surface area contributed by atoms with Crippen LogP contribution >= 0.6 is 12.2 Å². The predicted octanol–water partition coefficient (Wildman–Crippen LogP) is 3.62. The van der Waals surface area contributed by atoms with Crippen LogP contribution in [0.2, 0.25) is 0 Å². The second-order valence-corrected chi connectivity index (χ2v) is 7.77. The van der Waals surface area contributed by atoms with Crippen LogP contribution in [0.15, 0.2) is 66.4 Å². The Morgan fingerprint density at radius 1 is 1.00 bits per heavy atom. The molecule has 2 heterocycles. The number of carboxylic acid groups (broad SMARTS) is 1. The summed E-state index contributed by atoms with van der Waals surface area (Å²) in [6.07, 6.45) is 3.26. The third kappa shape index (κ3) is 3.83. The molecule has 32 heavy (non-hydrogen) atoms. The van der Waals surface area contributed by atoms with Gasteiger partial charge in [0.2, 0.25) is 0 Å². The van der Waals surface area contributed by atoms with Crippen LogP contribution in [-0.4, -0.2) is 32.6 Å². The van der Waals surface area contributed by atoms with Crippen LogP contribution in [0, 0.1) is 13.8 Å². The van der Waals surface area contributed by atoms with Gasteiger partial charge in [0.15, 0.2) is 5.11 Å². The number of carbonyl (C=O) groups is 3. The number of hydrogen-bond acceptors (Lipinski definition) is 4. The zero-order valence-electron chi connectivity index (χ0n) is 17.3. The van der Waals surface area contributed by atoms with E-state index in [-0.39, 0.29) is 16.2 Å². The number of aromatic nitrogens is 1. The molecule has 2 N–H and O–H groups in total. The summed E-state index contributed by atoms with van der Waals surface area (Å²) in [5.74, 6) is -2.11. The van der Waals surface area contributed by atoms with Gasteiger partial charge in [0, 0.05) is 17.6 Å². The van der Waals surface area contributed by atoms with Crippen molar-refractivity contribution in [3.63, 3.8) is 0 Å². The monoisotopic (exact) mass is 445 g/mol. The van der Waals surface area contributed by atoms with E-state index < -0.39 is 17.8 Å². The van der Waals surface area contributed by atoms with Crippen LogP contribution < -0.4 is 10.2 Å². The first kappa shape index (κ1) is 21.2. The SMILES string of the molecule is Cc1ccc(N2C(=O)C(=Cc3cccn3-c3ccc(C(=O)O)cc3)C(=O)NC2=S)cc1C. The summed E-state index contributed by atoms with van der Waals surface area (Å²) >= 11 is 5.27. The smallest absolute Gasteiger partial charge is 0.335 e.